The molecule has 5 aromatic rings. The van der Waals surface area contributed by atoms with Crippen molar-refractivity contribution in [1.82, 2.24) is 0 Å². The van der Waals surface area contributed by atoms with Gasteiger partial charge in [0.15, 0.2) is 6.20 Å². The van der Waals surface area contributed by atoms with Gasteiger partial charge in [-0.1, -0.05) is 174 Å². The molecule has 1 aromatic heterocycles. The number of aromatic nitrogens is 1. The smallest absolute Gasteiger partial charge is 0.201 e. The van der Waals surface area contributed by atoms with Crippen LogP contribution in [0.4, 0.5) is 0 Å². The molecular formula is C40H50BN. The van der Waals surface area contributed by atoms with Crippen LogP contribution >= 0.6 is 0 Å². The molecule has 1 heterocycles. The number of rotatable bonds is 14. The molecule has 1 nitrogen and oxygen atoms in total. The van der Waals surface area contributed by atoms with Gasteiger partial charge in [0, 0.05) is 17.5 Å². The maximum atomic E-state index is 2.34. The monoisotopic (exact) mass is 555 g/mol. The fraction of sp³-hybridized carbons (Fsp3) is 0.325. The van der Waals surface area contributed by atoms with E-state index in [9.17, 15) is 0 Å². The van der Waals surface area contributed by atoms with Crippen molar-refractivity contribution in [3.63, 3.8) is 0 Å². The van der Waals surface area contributed by atoms with Gasteiger partial charge in [0.1, 0.15) is 7.05 Å². The molecule has 2 heteroatoms. The summed E-state index contributed by atoms with van der Waals surface area (Å²) in [5.74, 6) is 0. The first-order valence-corrected chi connectivity index (χ1v) is 16.4. The van der Waals surface area contributed by atoms with Crippen molar-refractivity contribution >= 4 is 33.4 Å². The average Bonchev–Trinajstić information content (AvgIpc) is 3.06. The number of benzene rings is 4. The van der Waals surface area contributed by atoms with Crippen LogP contribution in [0.5, 0.6) is 0 Å². The Kier molecular flexibility index (Phi) is 12.9. The Morgan fingerprint density at radius 3 is 1.33 bits per heavy atom. The Morgan fingerprint density at radius 2 is 0.857 bits per heavy atom. The molecule has 0 atom stereocenters. The summed E-state index contributed by atoms with van der Waals surface area (Å²) in [6.07, 6.45) is 16.2. The van der Waals surface area contributed by atoms with Crippen molar-refractivity contribution in [2.45, 2.75) is 77.5 Å². The van der Waals surface area contributed by atoms with Gasteiger partial charge in [-0.15, -0.1) is 0 Å². The molecule has 0 aliphatic carbocycles. The highest BCUT2D eigenvalue weighted by atomic mass is 14.9. The molecule has 0 aliphatic heterocycles. The number of hydrogen-bond acceptors (Lipinski definition) is 0. The van der Waals surface area contributed by atoms with Crippen LogP contribution in [0, 0.1) is 0 Å². The Hall–Kier alpha value is -3.65. The maximum Gasteiger partial charge on any atom is 0.212 e. The average molecular weight is 556 g/mol. The first kappa shape index (κ1) is 31.3. The number of aryl methyl sites for hydroxylation is 1. The minimum Gasteiger partial charge on any atom is -0.201 e. The van der Waals surface area contributed by atoms with E-state index in [1.54, 1.807) is 0 Å². The summed E-state index contributed by atoms with van der Waals surface area (Å²) in [6.45, 7) is 2.29. The van der Waals surface area contributed by atoms with Gasteiger partial charge in [0.25, 0.3) is 0 Å². The van der Waals surface area contributed by atoms with Crippen molar-refractivity contribution in [2.24, 2.45) is 7.05 Å². The molecule has 0 fully saturated rings. The summed E-state index contributed by atoms with van der Waals surface area (Å²) in [4.78, 5) is 0. The third-order valence-corrected chi connectivity index (χ3v) is 9.00. The number of fused-ring (bicyclic) bond motifs is 1. The zero-order valence-electron chi connectivity index (χ0n) is 26.0. The standard InChI is InChI=1S/C30H40B.C10H10N/c1-2-3-4-5-6-7-8-9-10-20-27-31(28-21-14-11-15-22-28,29-23-16-12-17-24-29)30-25-18-13-19-26-30;1-11-8-4-6-9-5-2-3-7-10(9)11/h11-19,21-26H,2-10,20,27H2,1H3;2-8H,1H3/q-1;+1. The van der Waals surface area contributed by atoms with Crippen LogP contribution in [0.25, 0.3) is 10.9 Å². The largest absolute Gasteiger partial charge is 0.212 e. The first-order valence-electron chi connectivity index (χ1n) is 16.4. The van der Waals surface area contributed by atoms with Gasteiger partial charge in [0.2, 0.25) is 5.52 Å². The van der Waals surface area contributed by atoms with Crippen molar-refractivity contribution in [2.75, 3.05) is 0 Å². The summed E-state index contributed by atoms with van der Waals surface area (Å²) in [7, 11) is 2.06. The predicted molar refractivity (Wildman–Crippen MR) is 186 cm³/mol. The zero-order valence-corrected chi connectivity index (χ0v) is 26.0. The molecule has 0 unspecified atom stereocenters. The van der Waals surface area contributed by atoms with Crippen LogP contribution in [0.2, 0.25) is 6.32 Å². The van der Waals surface area contributed by atoms with E-state index in [2.05, 4.69) is 152 Å². The number of nitrogens with zero attached hydrogens (tertiary/aromatic N) is 1. The van der Waals surface area contributed by atoms with Crippen molar-refractivity contribution in [1.29, 1.82) is 0 Å². The molecule has 0 amide bonds. The Balaban J connectivity index is 0.000000305. The third kappa shape index (κ3) is 8.68. The summed E-state index contributed by atoms with van der Waals surface area (Å²) in [5, 5.41) is 1.29. The topological polar surface area (TPSA) is 3.88 Å². The van der Waals surface area contributed by atoms with Gasteiger partial charge in [0.05, 0.1) is 6.15 Å². The molecule has 5 rings (SSSR count). The van der Waals surface area contributed by atoms with Gasteiger partial charge in [-0.2, -0.15) is 22.7 Å². The molecule has 0 N–H and O–H groups in total. The van der Waals surface area contributed by atoms with Crippen LogP contribution in [0.3, 0.4) is 0 Å². The van der Waals surface area contributed by atoms with E-state index in [0.29, 0.717) is 0 Å². The molecular weight excluding hydrogens is 505 g/mol. The lowest BCUT2D eigenvalue weighted by Gasteiger charge is -2.43. The Bertz CT molecular complexity index is 1310. The summed E-state index contributed by atoms with van der Waals surface area (Å²) in [5.41, 5.74) is 5.68. The highest BCUT2D eigenvalue weighted by molar-refractivity contribution is 7.11. The summed E-state index contributed by atoms with van der Waals surface area (Å²) < 4.78 is 2.12. The highest BCUT2D eigenvalue weighted by Crippen LogP contribution is 2.19. The molecule has 0 saturated carbocycles. The van der Waals surface area contributed by atoms with Crippen LogP contribution in [0.1, 0.15) is 71.1 Å². The van der Waals surface area contributed by atoms with Crippen LogP contribution in [-0.2, 0) is 7.05 Å². The fourth-order valence-electron chi connectivity index (χ4n) is 6.67. The van der Waals surface area contributed by atoms with Crippen LogP contribution in [-0.4, -0.2) is 6.15 Å². The van der Waals surface area contributed by atoms with Crippen LogP contribution in [0.15, 0.2) is 134 Å². The van der Waals surface area contributed by atoms with Gasteiger partial charge in [-0.05, 0) is 12.1 Å². The number of pyridine rings is 1. The second-order valence-corrected chi connectivity index (χ2v) is 11.9. The van der Waals surface area contributed by atoms with Gasteiger partial charge in [-0.3, -0.25) is 0 Å². The van der Waals surface area contributed by atoms with E-state index in [1.807, 2.05) is 0 Å². The fourth-order valence-corrected chi connectivity index (χ4v) is 6.67. The first-order chi connectivity index (χ1) is 20.8. The number of hydrogen-bond donors (Lipinski definition) is 0. The second kappa shape index (κ2) is 17.3. The lowest BCUT2D eigenvalue weighted by molar-refractivity contribution is -0.644. The van der Waals surface area contributed by atoms with E-state index in [-0.39, 0.29) is 0 Å². The Morgan fingerprint density at radius 1 is 0.452 bits per heavy atom. The molecule has 42 heavy (non-hydrogen) atoms. The Labute approximate surface area is 255 Å². The summed E-state index contributed by atoms with van der Waals surface area (Å²) in [6, 6.07) is 46.2. The van der Waals surface area contributed by atoms with E-state index in [4.69, 9.17) is 0 Å². The third-order valence-electron chi connectivity index (χ3n) is 9.00. The minimum atomic E-state index is -0.950. The van der Waals surface area contributed by atoms with E-state index in [1.165, 1.54) is 97.8 Å². The van der Waals surface area contributed by atoms with Crippen molar-refractivity contribution in [3.05, 3.63) is 134 Å². The molecule has 0 aliphatic rings. The van der Waals surface area contributed by atoms with Crippen molar-refractivity contribution in [3.8, 4) is 0 Å². The van der Waals surface area contributed by atoms with Crippen LogP contribution < -0.4 is 21.0 Å². The second-order valence-electron chi connectivity index (χ2n) is 11.9. The van der Waals surface area contributed by atoms with Crippen molar-refractivity contribution < 1.29 is 4.57 Å². The molecule has 0 bridgehead atoms. The SMILES string of the molecule is CCCCCCCCCCCC[B-](c1ccccc1)(c1ccccc1)c1ccccc1.C[n+]1cccc2ccccc21. The number of para-hydroxylation sites is 1. The van der Waals surface area contributed by atoms with E-state index >= 15 is 0 Å². The highest BCUT2D eigenvalue weighted by Gasteiger charge is 2.29. The lowest BCUT2D eigenvalue weighted by atomic mass is 9.14. The predicted octanol–water partition coefficient (Wildman–Crippen LogP) is 8.74. The van der Waals surface area contributed by atoms with Gasteiger partial charge in [-0.25, -0.2) is 4.57 Å². The molecule has 0 saturated heterocycles. The quantitative estimate of drug-likeness (QED) is 0.0733. The normalized spacial score (nSPS) is 11.2. The summed E-state index contributed by atoms with van der Waals surface area (Å²) >= 11 is 0. The number of unbranched alkanes of at least 4 members (excludes halogenated alkanes) is 9. The lowest BCUT2D eigenvalue weighted by Crippen LogP contribution is -2.66. The maximum absolute atomic E-state index is 2.34. The molecule has 0 radical (unpaired) electrons. The molecule has 0 spiro atoms. The molecule has 4 aromatic carbocycles. The minimum absolute atomic E-state index is 0.950. The van der Waals surface area contributed by atoms with Gasteiger partial charge < -0.3 is 0 Å². The zero-order chi connectivity index (χ0) is 29.3. The molecule has 218 valence electrons. The van der Waals surface area contributed by atoms with E-state index < -0.39 is 6.15 Å². The van der Waals surface area contributed by atoms with E-state index in [0.717, 1.165) is 0 Å². The van der Waals surface area contributed by atoms with Gasteiger partial charge >= 0.3 is 0 Å².